The van der Waals surface area contributed by atoms with E-state index in [2.05, 4.69) is 35.0 Å². The van der Waals surface area contributed by atoms with Crippen molar-refractivity contribution in [1.82, 2.24) is 14.9 Å². The highest BCUT2D eigenvalue weighted by Gasteiger charge is 2.11. The van der Waals surface area contributed by atoms with Crippen LogP contribution >= 0.6 is 0 Å². The predicted molar refractivity (Wildman–Crippen MR) is 133 cm³/mol. The number of ether oxygens (including phenoxy) is 1. The fourth-order valence-corrected chi connectivity index (χ4v) is 3.97. The Hall–Kier alpha value is -3.60. The molecule has 1 N–H and O–H groups in total. The largest absolute Gasteiger partial charge is 0.492 e. The third kappa shape index (κ3) is 6.01. The molecule has 0 spiro atoms. The van der Waals surface area contributed by atoms with Crippen molar-refractivity contribution in [1.29, 1.82) is 0 Å². The van der Waals surface area contributed by atoms with Crippen LogP contribution < -0.4 is 10.1 Å². The van der Waals surface area contributed by atoms with Crippen LogP contribution in [0.25, 0.3) is 11.0 Å². The van der Waals surface area contributed by atoms with E-state index >= 15 is 0 Å². The zero-order chi connectivity index (χ0) is 23.0. The van der Waals surface area contributed by atoms with Crippen LogP contribution in [0.5, 0.6) is 5.75 Å². The molecule has 4 aromatic rings. The Labute approximate surface area is 195 Å². The molecule has 4 rings (SSSR count). The summed E-state index contributed by atoms with van der Waals surface area (Å²) in [5, 5.41) is 3.05. The Morgan fingerprint density at radius 3 is 2.55 bits per heavy atom. The summed E-state index contributed by atoms with van der Waals surface area (Å²) in [5.74, 6) is 1.96. The molecular weight excluding hydrogens is 410 g/mol. The minimum Gasteiger partial charge on any atom is -0.492 e. The average molecular weight is 442 g/mol. The minimum atomic E-state index is 0.0595. The van der Waals surface area contributed by atoms with Crippen LogP contribution in [0, 0.1) is 13.8 Å². The van der Waals surface area contributed by atoms with E-state index in [1.54, 1.807) is 0 Å². The number of aryl methyl sites for hydroxylation is 3. The van der Waals surface area contributed by atoms with Gasteiger partial charge in [0.1, 0.15) is 18.2 Å². The number of hydrogen-bond acceptors (Lipinski definition) is 3. The monoisotopic (exact) mass is 441 g/mol. The first-order valence-electron chi connectivity index (χ1n) is 11.5. The van der Waals surface area contributed by atoms with Crippen LogP contribution in [0.4, 0.5) is 0 Å². The average Bonchev–Trinajstić information content (AvgIpc) is 3.17. The highest BCUT2D eigenvalue weighted by Crippen LogP contribution is 2.18. The summed E-state index contributed by atoms with van der Waals surface area (Å²) in [6, 6.07) is 24.3. The lowest BCUT2D eigenvalue weighted by Crippen LogP contribution is -2.26. The zero-order valence-electron chi connectivity index (χ0n) is 19.4. The molecule has 0 radical (unpaired) electrons. The maximum absolute atomic E-state index is 12.3. The number of para-hydroxylation sites is 2. The molecule has 0 saturated carbocycles. The smallest absolute Gasteiger partial charge is 0.224 e. The van der Waals surface area contributed by atoms with Gasteiger partial charge in [-0.2, -0.15) is 0 Å². The third-order valence-electron chi connectivity index (χ3n) is 5.85. The van der Waals surface area contributed by atoms with Crippen molar-refractivity contribution in [2.45, 2.75) is 39.7 Å². The first-order valence-corrected chi connectivity index (χ1v) is 11.5. The molecule has 5 nitrogen and oxygen atoms in total. The van der Waals surface area contributed by atoms with Crippen molar-refractivity contribution in [3.05, 3.63) is 95.3 Å². The van der Waals surface area contributed by atoms with Gasteiger partial charge in [0.2, 0.25) is 5.91 Å². The molecule has 0 atom stereocenters. The van der Waals surface area contributed by atoms with E-state index < -0.39 is 0 Å². The molecule has 0 bridgehead atoms. The fraction of sp³-hybridized carbons (Fsp3) is 0.286. The number of nitrogens with one attached hydrogen (secondary N) is 1. The van der Waals surface area contributed by atoms with Crippen molar-refractivity contribution in [3.63, 3.8) is 0 Å². The number of amides is 1. The van der Waals surface area contributed by atoms with Gasteiger partial charge in [0.25, 0.3) is 0 Å². The van der Waals surface area contributed by atoms with Crippen molar-refractivity contribution in [2.24, 2.45) is 0 Å². The van der Waals surface area contributed by atoms with E-state index in [1.165, 1.54) is 5.56 Å². The van der Waals surface area contributed by atoms with Gasteiger partial charge < -0.3 is 14.6 Å². The van der Waals surface area contributed by atoms with E-state index in [9.17, 15) is 4.79 Å². The van der Waals surface area contributed by atoms with Gasteiger partial charge in [-0.25, -0.2) is 4.98 Å². The van der Waals surface area contributed by atoms with Crippen LogP contribution in [0.2, 0.25) is 0 Å². The van der Waals surface area contributed by atoms with Crippen LogP contribution in [-0.4, -0.2) is 28.6 Å². The van der Waals surface area contributed by atoms with Crippen LogP contribution in [0.15, 0.2) is 72.8 Å². The number of nitrogens with zero attached hydrogens (tertiary/aromatic N) is 2. The number of carbonyl (C=O) groups excluding carboxylic acids is 1. The Morgan fingerprint density at radius 2 is 1.73 bits per heavy atom. The lowest BCUT2D eigenvalue weighted by Gasteiger charge is -2.11. The number of rotatable bonds is 10. The van der Waals surface area contributed by atoms with Crippen LogP contribution in [0.3, 0.4) is 0 Å². The number of benzene rings is 3. The molecule has 0 aliphatic rings. The summed E-state index contributed by atoms with van der Waals surface area (Å²) in [6.07, 6.45) is 2.05. The van der Waals surface area contributed by atoms with E-state index in [1.807, 2.05) is 61.5 Å². The third-order valence-corrected chi connectivity index (χ3v) is 5.85. The number of aromatic nitrogens is 2. The Morgan fingerprint density at radius 1 is 0.970 bits per heavy atom. The van der Waals surface area contributed by atoms with Crippen molar-refractivity contribution < 1.29 is 9.53 Å². The minimum absolute atomic E-state index is 0.0595. The molecule has 0 saturated heterocycles. The molecule has 0 aliphatic heterocycles. The van der Waals surface area contributed by atoms with Crippen molar-refractivity contribution in [2.75, 3.05) is 13.2 Å². The Balaban J connectivity index is 1.32. The fourth-order valence-electron chi connectivity index (χ4n) is 3.97. The van der Waals surface area contributed by atoms with Gasteiger partial charge in [-0.1, -0.05) is 54.1 Å². The Kier molecular flexibility index (Phi) is 7.40. The lowest BCUT2D eigenvalue weighted by atomic mass is 10.1. The molecular formula is C28H31N3O2. The van der Waals surface area contributed by atoms with Gasteiger partial charge in [0, 0.05) is 13.0 Å². The summed E-state index contributed by atoms with van der Waals surface area (Å²) in [5.41, 5.74) is 5.55. The van der Waals surface area contributed by atoms with Crippen molar-refractivity contribution in [3.8, 4) is 5.75 Å². The SMILES string of the molecule is Cc1ccc(OCCn2c(CCCNC(=O)Cc3ccccc3C)nc3ccccc32)cc1. The molecule has 1 amide bonds. The normalized spacial score (nSPS) is 11.0. The highest BCUT2D eigenvalue weighted by atomic mass is 16.5. The van der Waals surface area contributed by atoms with Gasteiger partial charge >= 0.3 is 0 Å². The molecule has 170 valence electrons. The summed E-state index contributed by atoms with van der Waals surface area (Å²) < 4.78 is 8.19. The van der Waals surface area contributed by atoms with Gasteiger partial charge in [0.05, 0.1) is 24.0 Å². The second-order valence-electron chi connectivity index (χ2n) is 8.39. The van der Waals surface area contributed by atoms with Gasteiger partial charge in [0.15, 0.2) is 0 Å². The topological polar surface area (TPSA) is 56.1 Å². The molecule has 0 aliphatic carbocycles. The maximum atomic E-state index is 12.3. The highest BCUT2D eigenvalue weighted by molar-refractivity contribution is 5.79. The number of carbonyl (C=O) groups is 1. The summed E-state index contributed by atoms with van der Waals surface area (Å²) in [6.45, 7) is 6.04. The summed E-state index contributed by atoms with van der Waals surface area (Å²) in [4.78, 5) is 17.2. The summed E-state index contributed by atoms with van der Waals surface area (Å²) in [7, 11) is 0. The number of hydrogen-bond donors (Lipinski definition) is 1. The lowest BCUT2D eigenvalue weighted by molar-refractivity contribution is -0.120. The number of fused-ring (bicyclic) bond motifs is 1. The van der Waals surface area contributed by atoms with Crippen LogP contribution in [-0.2, 0) is 24.2 Å². The van der Waals surface area contributed by atoms with Crippen molar-refractivity contribution >= 4 is 16.9 Å². The second-order valence-corrected chi connectivity index (χ2v) is 8.39. The van der Waals surface area contributed by atoms with E-state index in [0.29, 0.717) is 19.6 Å². The first kappa shape index (κ1) is 22.6. The maximum Gasteiger partial charge on any atom is 0.224 e. The number of imidazole rings is 1. The molecule has 1 heterocycles. The molecule has 3 aromatic carbocycles. The zero-order valence-corrected chi connectivity index (χ0v) is 19.4. The Bertz CT molecular complexity index is 1210. The van der Waals surface area contributed by atoms with Crippen LogP contribution in [0.1, 0.15) is 28.9 Å². The van der Waals surface area contributed by atoms with E-state index in [0.717, 1.165) is 53.1 Å². The molecule has 33 heavy (non-hydrogen) atoms. The summed E-state index contributed by atoms with van der Waals surface area (Å²) >= 11 is 0. The quantitative estimate of drug-likeness (QED) is 0.352. The second kappa shape index (κ2) is 10.8. The first-order chi connectivity index (χ1) is 16.1. The van der Waals surface area contributed by atoms with E-state index in [4.69, 9.17) is 9.72 Å². The molecule has 0 fully saturated rings. The molecule has 1 aromatic heterocycles. The predicted octanol–water partition coefficient (Wildman–Crippen LogP) is 5.02. The standard InChI is InChI=1S/C28H31N3O2/c1-21-13-15-24(16-14-21)33-19-18-31-26-11-6-5-10-25(26)30-27(31)12-7-17-29-28(32)20-23-9-4-3-8-22(23)2/h3-6,8-11,13-16H,7,12,17-20H2,1-2H3,(H,29,32). The van der Waals surface area contributed by atoms with Gasteiger partial charge in [-0.05, 0) is 55.7 Å². The van der Waals surface area contributed by atoms with Gasteiger partial charge in [-0.15, -0.1) is 0 Å². The molecule has 5 heteroatoms. The van der Waals surface area contributed by atoms with E-state index in [-0.39, 0.29) is 5.91 Å². The van der Waals surface area contributed by atoms with Gasteiger partial charge in [-0.3, -0.25) is 4.79 Å². The molecule has 0 unspecified atom stereocenters.